The number of allylic oxidation sites excluding steroid dienone is 2. The number of halogens is 3. The van der Waals surface area contributed by atoms with E-state index in [1.165, 1.54) is 6.07 Å². The molecule has 1 atom stereocenters. The van der Waals surface area contributed by atoms with Crippen LogP contribution in [0.5, 0.6) is 0 Å². The first-order valence-corrected chi connectivity index (χ1v) is 8.78. The van der Waals surface area contributed by atoms with Gasteiger partial charge < -0.3 is 5.32 Å². The summed E-state index contributed by atoms with van der Waals surface area (Å²) in [6.07, 6.45) is -1.87. The molecule has 1 aliphatic carbocycles. The molecule has 0 bridgehead atoms. The molecular weight excluding hydrogens is 355 g/mol. The molecule has 2 aliphatic rings. The molecule has 0 amide bonds. The lowest BCUT2D eigenvalue weighted by Crippen LogP contribution is -2.41. The molecule has 2 heterocycles. The fraction of sp³-hybridized carbons (Fsp3) is 0.400. The van der Waals surface area contributed by atoms with E-state index < -0.39 is 17.2 Å². The number of carbonyl (C=O) groups excluding carboxylic acids is 1. The lowest BCUT2D eigenvalue weighted by Gasteiger charge is -2.43. The van der Waals surface area contributed by atoms with Gasteiger partial charge in [0.25, 0.3) is 0 Å². The highest BCUT2D eigenvalue weighted by Crippen LogP contribution is 2.52. The lowest BCUT2D eigenvalue weighted by molar-refractivity contribution is -0.137. The Kier molecular flexibility index (Phi) is 3.61. The molecule has 0 saturated heterocycles. The van der Waals surface area contributed by atoms with Crippen molar-refractivity contribution in [1.29, 1.82) is 0 Å². The van der Waals surface area contributed by atoms with E-state index in [-0.39, 0.29) is 11.2 Å². The second kappa shape index (κ2) is 5.47. The summed E-state index contributed by atoms with van der Waals surface area (Å²) < 4.78 is 39.9. The number of hydrogen-bond donors (Lipinski definition) is 2. The van der Waals surface area contributed by atoms with Crippen LogP contribution in [0.2, 0.25) is 0 Å². The summed E-state index contributed by atoms with van der Waals surface area (Å²) in [4.78, 5) is 13.1. The van der Waals surface area contributed by atoms with Crippen LogP contribution in [0.3, 0.4) is 0 Å². The van der Waals surface area contributed by atoms with Gasteiger partial charge in [-0.3, -0.25) is 9.89 Å². The predicted octanol–water partition coefficient (Wildman–Crippen LogP) is 4.80. The summed E-state index contributed by atoms with van der Waals surface area (Å²) in [6.45, 7) is 5.84. The highest BCUT2D eigenvalue weighted by molar-refractivity contribution is 6.02. The summed E-state index contributed by atoms with van der Waals surface area (Å²) >= 11 is 0. The normalized spacial score (nSPS) is 24.3. The molecule has 7 heteroatoms. The first kappa shape index (κ1) is 17.8. The number of nitrogens with one attached hydrogen (secondary N) is 2. The van der Waals surface area contributed by atoms with Gasteiger partial charge in [-0.25, -0.2) is 0 Å². The predicted molar refractivity (Wildman–Crippen MR) is 95.2 cm³/mol. The van der Waals surface area contributed by atoms with Crippen molar-refractivity contribution in [3.8, 4) is 0 Å². The van der Waals surface area contributed by atoms with Crippen LogP contribution >= 0.6 is 0 Å². The number of ketones is 1. The average molecular weight is 375 g/mol. The van der Waals surface area contributed by atoms with E-state index >= 15 is 0 Å². The standard InChI is InChI=1S/C20H20F3N3O/c1-18(2)8-14-16(15(27)9-18)19(3,13-10-24-26-17(13)25-14)11-5-4-6-12(7-11)20(21,22)23/h4-7,10H,8-9H2,1-3H3,(H2,24,25,26)/t19-/m1/s1. The number of carbonyl (C=O) groups is 1. The molecule has 0 saturated carbocycles. The van der Waals surface area contributed by atoms with Gasteiger partial charge in [0.1, 0.15) is 5.82 Å². The van der Waals surface area contributed by atoms with Crippen molar-refractivity contribution < 1.29 is 18.0 Å². The first-order valence-electron chi connectivity index (χ1n) is 8.78. The fourth-order valence-corrected chi connectivity index (χ4v) is 4.36. The molecule has 1 aromatic heterocycles. The number of aromatic amines is 1. The minimum absolute atomic E-state index is 0.0412. The Hall–Kier alpha value is -2.57. The monoisotopic (exact) mass is 375 g/mol. The van der Waals surface area contributed by atoms with Crippen molar-refractivity contribution in [2.24, 2.45) is 5.41 Å². The van der Waals surface area contributed by atoms with Gasteiger partial charge in [-0.2, -0.15) is 18.3 Å². The number of benzene rings is 1. The quantitative estimate of drug-likeness (QED) is 0.753. The molecule has 142 valence electrons. The van der Waals surface area contributed by atoms with Crippen molar-refractivity contribution >= 4 is 11.6 Å². The SMILES string of the molecule is CC1(C)CC(=O)C2=C(C1)Nc1[nH]ncc1[C@@]2(C)c1cccc(C(F)(F)F)c1. The van der Waals surface area contributed by atoms with Crippen molar-refractivity contribution in [2.45, 2.75) is 45.2 Å². The van der Waals surface area contributed by atoms with E-state index in [2.05, 4.69) is 15.5 Å². The number of anilines is 1. The van der Waals surface area contributed by atoms with Gasteiger partial charge in [0.05, 0.1) is 17.2 Å². The number of fused-ring (bicyclic) bond motifs is 1. The van der Waals surface area contributed by atoms with Crippen LogP contribution < -0.4 is 5.32 Å². The van der Waals surface area contributed by atoms with E-state index in [0.29, 0.717) is 35.4 Å². The molecule has 4 nitrogen and oxygen atoms in total. The third kappa shape index (κ3) is 2.67. The highest BCUT2D eigenvalue weighted by Gasteiger charge is 2.48. The van der Waals surface area contributed by atoms with Crippen LogP contribution in [0, 0.1) is 5.41 Å². The van der Waals surface area contributed by atoms with Crippen LogP contribution in [0.15, 0.2) is 41.7 Å². The molecule has 0 radical (unpaired) electrons. The minimum atomic E-state index is -4.45. The third-order valence-corrected chi connectivity index (χ3v) is 5.60. The summed E-state index contributed by atoms with van der Waals surface area (Å²) in [5, 5.41) is 10.2. The van der Waals surface area contributed by atoms with E-state index in [1.54, 1.807) is 12.3 Å². The Morgan fingerprint density at radius 2 is 1.89 bits per heavy atom. The zero-order valence-electron chi connectivity index (χ0n) is 15.3. The Morgan fingerprint density at radius 1 is 1.15 bits per heavy atom. The molecular formula is C20H20F3N3O. The smallest absolute Gasteiger partial charge is 0.343 e. The van der Waals surface area contributed by atoms with Gasteiger partial charge in [-0.15, -0.1) is 0 Å². The molecule has 2 aromatic rings. The first-order chi connectivity index (χ1) is 12.5. The zero-order valence-corrected chi connectivity index (χ0v) is 15.3. The minimum Gasteiger partial charge on any atom is -0.343 e. The van der Waals surface area contributed by atoms with E-state index in [1.807, 2.05) is 20.8 Å². The molecule has 0 fully saturated rings. The fourth-order valence-electron chi connectivity index (χ4n) is 4.36. The van der Waals surface area contributed by atoms with E-state index in [9.17, 15) is 18.0 Å². The number of hydrogen-bond acceptors (Lipinski definition) is 3. The Labute approximate surface area is 154 Å². The largest absolute Gasteiger partial charge is 0.416 e. The van der Waals surface area contributed by atoms with Gasteiger partial charge in [0, 0.05) is 23.3 Å². The molecule has 27 heavy (non-hydrogen) atoms. The van der Waals surface area contributed by atoms with Crippen molar-refractivity contribution in [2.75, 3.05) is 5.32 Å². The average Bonchev–Trinajstić information content (AvgIpc) is 3.01. The molecule has 4 rings (SSSR count). The second-order valence-electron chi connectivity index (χ2n) is 8.28. The van der Waals surface area contributed by atoms with E-state index in [4.69, 9.17) is 0 Å². The van der Waals surface area contributed by atoms with Gasteiger partial charge in [-0.05, 0) is 30.4 Å². The Bertz CT molecular complexity index is 971. The van der Waals surface area contributed by atoms with Crippen molar-refractivity contribution in [3.63, 3.8) is 0 Å². The third-order valence-electron chi connectivity index (χ3n) is 5.60. The number of H-pyrrole nitrogens is 1. The summed E-state index contributed by atoms with van der Waals surface area (Å²) in [5.41, 5.74) is 0.460. The number of rotatable bonds is 1. The maximum Gasteiger partial charge on any atom is 0.416 e. The number of alkyl halides is 3. The molecule has 1 aromatic carbocycles. The van der Waals surface area contributed by atoms with Crippen LogP contribution in [0.25, 0.3) is 0 Å². The van der Waals surface area contributed by atoms with Crippen LogP contribution in [-0.4, -0.2) is 16.0 Å². The summed E-state index contributed by atoms with van der Waals surface area (Å²) in [5.74, 6) is 0.583. The van der Waals surface area contributed by atoms with Crippen LogP contribution in [0.1, 0.15) is 50.3 Å². The lowest BCUT2D eigenvalue weighted by atomic mass is 9.62. The van der Waals surface area contributed by atoms with Gasteiger partial charge in [0.15, 0.2) is 5.78 Å². The van der Waals surface area contributed by atoms with Crippen molar-refractivity contribution in [1.82, 2.24) is 10.2 Å². The molecule has 0 unspecified atom stereocenters. The Morgan fingerprint density at radius 3 is 2.59 bits per heavy atom. The van der Waals surface area contributed by atoms with E-state index in [0.717, 1.165) is 17.8 Å². The number of aromatic nitrogens is 2. The second-order valence-corrected chi connectivity index (χ2v) is 8.28. The molecule has 0 spiro atoms. The van der Waals surface area contributed by atoms with Gasteiger partial charge in [-0.1, -0.05) is 32.0 Å². The van der Waals surface area contributed by atoms with Crippen molar-refractivity contribution in [3.05, 3.63) is 58.4 Å². The maximum absolute atomic E-state index is 13.3. The maximum atomic E-state index is 13.3. The zero-order chi connectivity index (χ0) is 19.6. The van der Waals surface area contributed by atoms with Crippen LogP contribution in [-0.2, 0) is 16.4 Å². The highest BCUT2D eigenvalue weighted by atomic mass is 19.4. The molecule has 1 aliphatic heterocycles. The summed E-state index contributed by atoms with van der Waals surface area (Å²) in [7, 11) is 0. The number of nitrogens with zero attached hydrogens (tertiary/aromatic N) is 1. The molecule has 2 N–H and O–H groups in total. The van der Waals surface area contributed by atoms with Gasteiger partial charge >= 0.3 is 6.18 Å². The topological polar surface area (TPSA) is 57.8 Å². The number of Topliss-reactive ketones (excluding diaryl/α,β-unsaturated/α-hetero) is 1. The van der Waals surface area contributed by atoms with Crippen LogP contribution in [0.4, 0.5) is 19.0 Å². The summed E-state index contributed by atoms with van der Waals surface area (Å²) in [6, 6.07) is 5.22. The Balaban J connectivity index is 1.97. The van der Waals surface area contributed by atoms with Gasteiger partial charge in [0.2, 0.25) is 0 Å².